The Labute approximate surface area is 104 Å². The fourth-order valence-electron chi connectivity index (χ4n) is 2.42. The summed E-state index contributed by atoms with van der Waals surface area (Å²) in [7, 11) is 3.87. The molecule has 3 heteroatoms. The highest BCUT2D eigenvalue weighted by Crippen LogP contribution is 2.21. The molecule has 1 fully saturated rings. The van der Waals surface area contributed by atoms with Crippen LogP contribution in [0.15, 0.2) is 24.3 Å². The molecule has 0 spiro atoms. The predicted octanol–water partition coefficient (Wildman–Crippen LogP) is 2.13. The second-order valence-electron chi connectivity index (χ2n) is 4.79. The van der Waals surface area contributed by atoms with Crippen molar-refractivity contribution in [2.24, 2.45) is 5.92 Å². The molecule has 1 heterocycles. The molecule has 1 aromatic rings. The second-order valence-corrected chi connectivity index (χ2v) is 4.79. The molecule has 3 nitrogen and oxygen atoms in total. The summed E-state index contributed by atoms with van der Waals surface area (Å²) >= 11 is 0. The zero-order valence-corrected chi connectivity index (χ0v) is 10.8. The number of piperidine rings is 1. The summed E-state index contributed by atoms with van der Waals surface area (Å²) in [5.41, 5.74) is 1.23. The maximum atomic E-state index is 5.26. The van der Waals surface area contributed by atoms with Crippen molar-refractivity contribution in [1.82, 2.24) is 5.32 Å². The molecule has 0 amide bonds. The number of hydrogen-bond donors (Lipinski definition) is 1. The Morgan fingerprint density at radius 2 is 2.35 bits per heavy atom. The highest BCUT2D eigenvalue weighted by atomic mass is 16.5. The molecule has 1 aliphatic rings. The Hall–Kier alpha value is -1.22. The lowest BCUT2D eigenvalue weighted by atomic mass is 9.99. The molecule has 1 unspecified atom stereocenters. The van der Waals surface area contributed by atoms with Gasteiger partial charge in [0.25, 0.3) is 0 Å². The first-order valence-corrected chi connectivity index (χ1v) is 6.35. The summed E-state index contributed by atoms with van der Waals surface area (Å²) in [5, 5.41) is 3.46. The zero-order chi connectivity index (χ0) is 12.1. The van der Waals surface area contributed by atoms with Gasteiger partial charge < -0.3 is 15.0 Å². The van der Waals surface area contributed by atoms with Crippen molar-refractivity contribution in [3.63, 3.8) is 0 Å². The van der Waals surface area contributed by atoms with E-state index in [-0.39, 0.29) is 0 Å². The third-order valence-electron chi connectivity index (χ3n) is 3.43. The van der Waals surface area contributed by atoms with Gasteiger partial charge in [0, 0.05) is 25.3 Å². The van der Waals surface area contributed by atoms with Crippen LogP contribution in [0.2, 0.25) is 0 Å². The highest BCUT2D eigenvalue weighted by molar-refractivity contribution is 5.50. The number of nitrogens with zero attached hydrogens (tertiary/aromatic N) is 1. The van der Waals surface area contributed by atoms with Crippen LogP contribution in [-0.4, -0.2) is 33.8 Å². The molecule has 1 atom stereocenters. The summed E-state index contributed by atoms with van der Waals surface area (Å²) in [5.74, 6) is 1.69. The van der Waals surface area contributed by atoms with E-state index in [4.69, 9.17) is 4.74 Å². The summed E-state index contributed by atoms with van der Waals surface area (Å²) in [6.07, 6.45) is 2.64. The number of rotatable bonds is 4. The molecule has 0 aromatic heterocycles. The van der Waals surface area contributed by atoms with Gasteiger partial charge in [-0.3, -0.25) is 0 Å². The highest BCUT2D eigenvalue weighted by Gasteiger charge is 2.15. The van der Waals surface area contributed by atoms with Gasteiger partial charge in [-0.05, 0) is 44.0 Å². The molecule has 0 radical (unpaired) electrons. The van der Waals surface area contributed by atoms with E-state index in [2.05, 4.69) is 29.4 Å². The lowest BCUT2D eigenvalue weighted by Crippen LogP contribution is -2.36. The first kappa shape index (κ1) is 12.2. The van der Waals surface area contributed by atoms with Crippen LogP contribution in [-0.2, 0) is 0 Å². The van der Waals surface area contributed by atoms with Gasteiger partial charge in [-0.15, -0.1) is 0 Å². The smallest absolute Gasteiger partial charge is 0.120 e. The van der Waals surface area contributed by atoms with Crippen LogP contribution in [0.5, 0.6) is 5.75 Å². The Bertz CT molecular complexity index is 348. The van der Waals surface area contributed by atoms with Crippen molar-refractivity contribution in [3.05, 3.63) is 24.3 Å². The van der Waals surface area contributed by atoms with Gasteiger partial charge >= 0.3 is 0 Å². The summed E-state index contributed by atoms with van der Waals surface area (Å²) in [6.45, 7) is 3.44. The number of methoxy groups -OCH3 is 1. The number of ether oxygens (including phenoxy) is 1. The van der Waals surface area contributed by atoms with Crippen LogP contribution in [0.3, 0.4) is 0 Å². The fourth-order valence-corrected chi connectivity index (χ4v) is 2.42. The van der Waals surface area contributed by atoms with Crippen LogP contribution in [0.25, 0.3) is 0 Å². The number of benzene rings is 1. The SMILES string of the molecule is COc1cccc(N(C)CC2CCCNC2)c1. The molecule has 1 aromatic carbocycles. The monoisotopic (exact) mass is 234 g/mol. The van der Waals surface area contributed by atoms with Crippen molar-refractivity contribution in [2.45, 2.75) is 12.8 Å². The minimum atomic E-state index is 0.764. The third kappa shape index (κ3) is 3.37. The van der Waals surface area contributed by atoms with E-state index in [1.54, 1.807) is 7.11 Å². The van der Waals surface area contributed by atoms with E-state index >= 15 is 0 Å². The Balaban J connectivity index is 1.95. The maximum absolute atomic E-state index is 5.26. The predicted molar refractivity (Wildman–Crippen MR) is 71.9 cm³/mol. The molecule has 94 valence electrons. The normalized spacial score (nSPS) is 20.0. The van der Waals surface area contributed by atoms with Crippen molar-refractivity contribution in [1.29, 1.82) is 0 Å². The van der Waals surface area contributed by atoms with E-state index in [1.807, 2.05) is 12.1 Å². The fraction of sp³-hybridized carbons (Fsp3) is 0.571. The zero-order valence-electron chi connectivity index (χ0n) is 10.8. The van der Waals surface area contributed by atoms with Gasteiger partial charge in [0.1, 0.15) is 5.75 Å². The van der Waals surface area contributed by atoms with Gasteiger partial charge in [0.2, 0.25) is 0 Å². The molecule has 17 heavy (non-hydrogen) atoms. The van der Waals surface area contributed by atoms with Crippen LogP contribution in [0, 0.1) is 5.92 Å². The van der Waals surface area contributed by atoms with Gasteiger partial charge in [-0.25, -0.2) is 0 Å². The van der Waals surface area contributed by atoms with Crippen LogP contribution in [0.1, 0.15) is 12.8 Å². The molecular weight excluding hydrogens is 212 g/mol. The van der Waals surface area contributed by atoms with Crippen molar-refractivity contribution < 1.29 is 4.74 Å². The van der Waals surface area contributed by atoms with Gasteiger partial charge in [0.05, 0.1) is 7.11 Å². The van der Waals surface area contributed by atoms with Crippen molar-refractivity contribution in [3.8, 4) is 5.75 Å². The molecule has 2 rings (SSSR count). The van der Waals surface area contributed by atoms with E-state index < -0.39 is 0 Å². The van der Waals surface area contributed by atoms with Gasteiger partial charge in [-0.1, -0.05) is 6.07 Å². The Morgan fingerprint density at radius 1 is 1.47 bits per heavy atom. The largest absolute Gasteiger partial charge is 0.497 e. The Kier molecular flexibility index (Phi) is 4.26. The minimum absolute atomic E-state index is 0.764. The summed E-state index contributed by atoms with van der Waals surface area (Å²) in [6, 6.07) is 8.26. The molecule has 1 aliphatic heterocycles. The van der Waals surface area contributed by atoms with Crippen LogP contribution in [0.4, 0.5) is 5.69 Å². The first-order chi connectivity index (χ1) is 8.29. The molecule has 0 aliphatic carbocycles. The molecule has 0 saturated carbocycles. The number of hydrogen-bond acceptors (Lipinski definition) is 3. The maximum Gasteiger partial charge on any atom is 0.120 e. The van der Waals surface area contributed by atoms with E-state index in [1.165, 1.54) is 25.1 Å². The van der Waals surface area contributed by atoms with Gasteiger partial charge in [0.15, 0.2) is 0 Å². The van der Waals surface area contributed by atoms with Crippen molar-refractivity contribution >= 4 is 5.69 Å². The number of nitrogens with one attached hydrogen (secondary N) is 1. The minimum Gasteiger partial charge on any atom is -0.497 e. The van der Waals surface area contributed by atoms with Crippen LogP contribution < -0.4 is 15.0 Å². The second kappa shape index (κ2) is 5.92. The van der Waals surface area contributed by atoms with Crippen molar-refractivity contribution in [2.75, 3.05) is 38.7 Å². The average molecular weight is 234 g/mol. The lowest BCUT2D eigenvalue weighted by molar-refractivity contribution is 0.381. The molecule has 1 N–H and O–H groups in total. The third-order valence-corrected chi connectivity index (χ3v) is 3.43. The van der Waals surface area contributed by atoms with E-state index in [0.29, 0.717) is 0 Å². The summed E-state index contributed by atoms with van der Waals surface area (Å²) < 4.78 is 5.26. The topological polar surface area (TPSA) is 24.5 Å². The molecule has 0 bridgehead atoms. The quantitative estimate of drug-likeness (QED) is 0.863. The van der Waals surface area contributed by atoms with E-state index in [0.717, 1.165) is 24.8 Å². The van der Waals surface area contributed by atoms with E-state index in [9.17, 15) is 0 Å². The van der Waals surface area contributed by atoms with Crippen LogP contribution >= 0.6 is 0 Å². The number of anilines is 1. The van der Waals surface area contributed by atoms with Gasteiger partial charge in [-0.2, -0.15) is 0 Å². The standard InChI is InChI=1S/C14H22N2O/c1-16(11-12-5-4-8-15-10-12)13-6-3-7-14(9-13)17-2/h3,6-7,9,12,15H,4-5,8,10-11H2,1-2H3. The average Bonchev–Trinajstić information content (AvgIpc) is 2.40. The summed E-state index contributed by atoms with van der Waals surface area (Å²) in [4.78, 5) is 2.32. The molecule has 1 saturated heterocycles. The first-order valence-electron chi connectivity index (χ1n) is 6.35. The Morgan fingerprint density at radius 3 is 3.06 bits per heavy atom. The lowest BCUT2D eigenvalue weighted by Gasteiger charge is -2.29. The molecular formula is C14H22N2O.